The van der Waals surface area contributed by atoms with Crippen LogP contribution in [0.1, 0.15) is 29.9 Å². The Balaban J connectivity index is 2.24. The standard InChI is InChI=1S/C14H16BrFN2/c1-9-4-5-10(2)18(9)17-11(3)13-7-6-12(15)8-14(13)16/h4-8,11,17H,1-3H3. The van der Waals surface area contributed by atoms with Crippen molar-refractivity contribution in [1.29, 1.82) is 0 Å². The van der Waals surface area contributed by atoms with E-state index in [0.717, 1.165) is 15.9 Å². The molecule has 4 heteroatoms. The van der Waals surface area contributed by atoms with Crippen molar-refractivity contribution in [2.24, 2.45) is 0 Å². The highest BCUT2D eigenvalue weighted by Gasteiger charge is 2.12. The average molecular weight is 311 g/mol. The number of aromatic nitrogens is 1. The molecule has 0 radical (unpaired) electrons. The summed E-state index contributed by atoms with van der Waals surface area (Å²) in [6, 6.07) is 9.11. The van der Waals surface area contributed by atoms with Crippen molar-refractivity contribution >= 4 is 15.9 Å². The van der Waals surface area contributed by atoms with Gasteiger partial charge in [-0.05, 0) is 45.0 Å². The normalized spacial score (nSPS) is 12.5. The van der Waals surface area contributed by atoms with Gasteiger partial charge in [-0.3, -0.25) is 4.68 Å². The number of hydrogen-bond donors (Lipinski definition) is 1. The quantitative estimate of drug-likeness (QED) is 0.894. The van der Waals surface area contributed by atoms with Crippen molar-refractivity contribution in [3.63, 3.8) is 0 Å². The maximum Gasteiger partial charge on any atom is 0.129 e. The monoisotopic (exact) mass is 310 g/mol. The van der Waals surface area contributed by atoms with Crippen molar-refractivity contribution < 1.29 is 4.39 Å². The predicted octanol–water partition coefficient (Wildman–Crippen LogP) is 4.31. The third-order valence-corrected chi connectivity index (χ3v) is 3.52. The molecule has 1 aromatic carbocycles. The maximum atomic E-state index is 13.9. The molecule has 2 aromatic rings. The lowest BCUT2D eigenvalue weighted by atomic mass is 10.1. The summed E-state index contributed by atoms with van der Waals surface area (Å²) in [4.78, 5) is 0. The van der Waals surface area contributed by atoms with Gasteiger partial charge in [0.15, 0.2) is 0 Å². The molecule has 1 heterocycles. The molecule has 0 aliphatic heterocycles. The summed E-state index contributed by atoms with van der Waals surface area (Å²) in [7, 11) is 0. The van der Waals surface area contributed by atoms with Crippen LogP contribution in [0.25, 0.3) is 0 Å². The van der Waals surface area contributed by atoms with Gasteiger partial charge in [0.25, 0.3) is 0 Å². The van der Waals surface area contributed by atoms with E-state index in [1.807, 2.05) is 43.6 Å². The van der Waals surface area contributed by atoms with Crippen LogP contribution in [-0.4, -0.2) is 4.68 Å². The summed E-state index contributed by atoms with van der Waals surface area (Å²) < 4.78 is 16.6. The van der Waals surface area contributed by atoms with Crippen LogP contribution in [-0.2, 0) is 0 Å². The lowest BCUT2D eigenvalue weighted by molar-refractivity contribution is 0.584. The first-order valence-electron chi connectivity index (χ1n) is 5.85. The summed E-state index contributed by atoms with van der Waals surface area (Å²) in [6.07, 6.45) is 0. The molecule has 0 amide bonds. The zero-order chi connectivity index (χ0) is 13.3. The van der Waals surface area contributed by atoms with Crippen molar-refractivity contribution in [2.45, 2.75) is 26.8 Å². The Morgan fingerprint density at radius 3 is 2.33 bits per heavy atom. The number of benzene rings is 1. The highest BCUT2D eigenvalue weighted by Crippen LogP contribution is 2.22. The lowest BCUT2D eigenvalue weighted by Crippen LogP contribution is -2.21. The first kappa shape index (κ1) is 13.1. The highest BCUT2D eigenvalue weighted by molar-refractivity contribution is 9.10. The Bertz CT molecular complexity index is 543. The molecule has 0 aliphatic carbocycles. The van der Waals surface area contributed by atoms with E-state index in [0.29, 0.717) is 5.56 Å². The maximum absolute atomic E-state index is 13.9. The minimum atomic E-state index is -0.202. The van der Waals surface area contributed by atoms with Crippen LogP contribution in [0.4, 0.5) is 4.39 Å². The van der Waals surface area contributed by atoms with Crippen LogP contribution < -0.4 is 5.43 Å². The Labute approximate surface area is 115 Å². The van der Waals surface area contributed by atoms with Crippen LogP contribution in [0.2, 0.25) is 0 Å². The Morgan fingerprint density at radius 2 is 1.78 bits per heavy atom. The molecule has 0 bridgehead atoms. The van der Waals surface area contributed by atoms with E-state index in [2.05, 4.69) is 21.4 Å². The van der Waals surface area contributed by atoms with Gasteiger partial charge in [0.2, 0.25) is 0 Å². The first-order chi connectivity index (χ1) is 8.49. The van der Waals surface area contributed by atoms with E-state index in [9.17, 15) is 4.39 Å². The van der Waals surface area contributed by atoms with Crippen molar-refractivity contribution in [2.75, 3.05) is 5.43 Å². The predicted molar refractivity (Wildman–Crippen MR) is 75.8 cm³/mol. The van der Waals surface area contributed by atoms with Gasteiger partial charge in [-0.1, -0.05) is 22.0 Å². The van der Waals surface area contributed by atoms with Crippen LogP contribution in [0, 0.1) is 19.7 Å². The number of nitrogens with one attached hydrogen (secondary N) is 1. The van der Waals surface area contributed by atoms with Gasteiger partial charge in [0, 0.05) is 21.4 Å². The zero-order valence-corrected chi connectivity index (χ0v) is 12.3. The molecule has 1 aromatic heterocycles. The fourth-order valence-corrected chi connectivity index (χ4v) is 2.32. The summed E-state index contributed by atoms with van der Waals surface area (Å²) in [5.74, 6) is -0.202. The average Bonchev–Trinajstić information content (AvgIpc) is 2.60. The second-order valence-electron chi connectivity index (χ2n) is 4.47. The van der Waals surface area contributed by atoms with Gasteiger partial charge in [-0.25, -0.2) is 4.39 Å². The largest absolute Gasteiger partial charge is 0.319 e. The fourth-order valence-electron chi connectivity index (χ4n) is 1.99. The number of nitrogens with zero attached hydrogens (tertiary/aromatic N) is 1. The molecular weight excluding hydrogens is 295 g/mol. The minimum Gasteiger partial charge on any atom is -0.319 e. The van der Waals surface area contributed by atoms with Gasteiger partial charge in [-0.15, -0.1) is 0 Å². The second kappa shape index (κ2) is 5.14. The molecule has 0 fully saturated rings. The second-order valence-corrected chi connectivity index (χ2v) is 5.38. The van der Waals surface area contributed by atoms with E-state index in [-0.39, 0.29) is 11.9 Å². The van der Waals surface area contributed by atoms with Crippen LogP contribution in [0.5, 0.6) is 0 Å². The first-order valence-corrected chi connectivity index (χ1v) is 6.65. The van der Waals surface area contributed by atoms with Gasteiger partial charge >= 0.3 is 0 Å². The topological polar surface area (TPSA) is 17.0 Å². The molecule has 0 saturated heterocycles. The van der Waals surface area contributed by atoms with Crippen molar-refractivity contribution in [1.82, 2.24) is 4.68 Å². The molecule has 18 heavy (non-hydrogen) atoms. The minimum absolute atomic E-state index is 0.0945. The number of halogens is 2. The Kier molecular flexibility index (Phi) is 3.76. The van der Waals surface area contributed by atoms with E-state index in [1.54, 1.807) is 6.07 Å². The van der Waals surface area contributed by atoms with E-state index in [4.69, 9.17) is 0 Å². The molecular formula is C14H16BrFN2. The van der Waals surface area contributed by atoms with Crippen molar-refractivity contribution in [3.05, 3.63) is 57.6 Å². The number of aryl methyl sites for hydroxylation is 2. The molecule has 1 atom stereocenters. The molecule has 1 N–H and O–H groups in total. The molecule has 2 nitrogen and oxygen atoms in total. The van der Waals surface area contributed by atoms with E-state index in [1.165, 1.54) is 6.07 Å². The smallest absolute Gasteiger partial charge is 0.129 e. The zero-order valence-electron chi connectivity index (χ0n) is 10.7. The molecule has 0 spiro atoms. The third kappa shape index (κ3) is 2.58. The highest BCUT2D eigenvalue weighted by atomic mass is 79.9. The third-order valence-electron chi connectivity index (χ3n) is 3.02. The molecule has 96 valence electrons. The Morgan fingerprint density at radius 1 is 1.17 bits per heavy atom. The van der Waals surface area contributed by atoms with Gasteiger partial charge in [0.1, 0.15) is 5.82 Å². The van der Waals surface area contributed by atoms with Gasteiger partial charge < -0.3 is 5.43 Å². The van der Waals surface area contributed by atoms with Crippen LogP contribution in [0.3, 0.4) is 0 Å². The summed E-state index contributed by atoms with van der Waals surface area (Å²) >= 11 is 3.26. The van der Waals surface area contributed by atoms with Crippen molar-refractivity contribution in [3.8, 4) is 0 Å². The van der Waals surface area contributed by atoms with Gasteiger partial charge in [-0.2, -0.15) is 0 Å². The summed E-state index contributed by atoms with van der Waals surface area (Å²) in [5.41, 5.74) is 6.17. The Hall–Kier alpha value is -1.29. The molecule has 1 unspecified atom stereocenters. The van der Waals surface area contributed by atoms with Crippen LogP contribution >= 0.6 is 15.9 Å². The number of rotatable bonds is 3. The molecule has 0 aliphatic rings. The SMILES string of the molecule is Cc1ccc(C)n1NC(C)c1ccc(Br)cc1F. The summed E-state index contributed by atoms with van der Waals surface area (Å²) in [5, 5.41) is 0. The lowest BCUT2D eigenvalue weighted by Gasteiger charge is -2.20. The molecule has 0 saturated carbocycles. The molecule has 2 rings (SSSR count). The number of hydrogen-bond acceptors (Lipinski definition) is 1. The van der Waals surface area contributed by atoms with E-state index >= 15 is 0 Å². The van der Waals surface area contributed by atoms with E-state index < -0.39 is 0 Å². The summed E-state index contributed by atoms with van der Waals surface area (Å²) in [6.45, 7) is 5.99. The van der Waals surface area contributed by atoms with Crippen LogP contribution in [0.15, 0.2) is 34.8 Å². The van der Waals surface area contributed by atoms with Gasteiger partial charge in [0.05, 0.1) is 6.04 Å². The fraction of sp³-hybridized carbons (Fsp3) is 0.286.